The van der Waals surface area contributed by atoms with Crippen LogP contribution in [0.25, 0.3) is 0 Å². The molecule has 0 saturated carbocycles. The Morgan fingerprint density at radius 3 is 2.67 bits per heavy atom. The van der Waals surface area contributed by atoms with Crippen LogP contribution in [0, 0.1) is 0 Å². The molecule has 3 heterocycles. The zero-order valence-electron chi connectivity index (χ0n) is 11.6. The van der Waals surface area contributed by atoms with Crippen LogP contribution in [-0.2, 0) is 9.47 Å². The highest BCUT2D eigenvalue weighted by atomic mass is 16.5. The summed E-state index contributed by atoms with van der Waals surface area (Å²) in [6.07, 6.45) is -1.72. The molecule has 0 bridgehead atoms. The molecule has 8 heteroatoms. The minimum atomic E-state index is -1.20. The average molecular weight is 298 g/mol. The first kappa shape index (κ1) is 14.5. The van der Waals surface area contributed by atoms with E-state index in [4.69, 9.17) is 9.47 Å². The highest BCUT2D eigenvalue weighted by molar-refractivity contribution is 5.14. The van der Waals surface area contributed by atoms with E-state index in [1.54, 1.807) is 6.92 Å². The Labute approximate surface area is 119 Å². The van der Waals surface area contributed by atoms with Crippen LogP contribution in [0.1, 0.15) is 31.1 Å². The number of ether oxygens (including phenoxy) is 2. The third-order valence-corrected chi connectivity index (χ3v) is 4.10. The molecule has 2 saturated heterocycles. The first-order chi connectivity index (χ1) is 9.99. The van der Waals surface area contributed by atoms with Gasteiger partial charge in [-0.3, -0.25) is 14.3 Å². The fraction of sp³-hybridized carbons (Fsp3) is 0.692. The smallest absolute Gasteiger partial charge is 0.328 e. The molecule has 3 rings (SSSR count). The fourth-order valence-electron chi connectivity index (χ4n) is 2.82. The van der Waals surface area contributed by atoms with Gasteiger partial charge in [-0.05, 0) is 13.3 Å². The van der Waals surface area contributed by atoms with E-state index in [-0.39, 0.29) is 11.6 Å². The molecule has 0 amide bonds. The summed E-state index contributed by atoms with van der Waals surface area (Å²) in [5.41, 5.74) is -0.988. The number of hydrogen-bond donors (Lipinski definition) is 3. The maximum atomic E-state index is 12.0. The minimum absolute atomic E-state index is 0.136. The number of hydrogen-bond acceptors (Lipinski definition) is 6. The van der Waals surface area contributed by atoms with Crippen molar-refractivity contribution in [1.82, 2.24) is 9.55 Å². The van der Waals surface area contributed by atoms with Gasteiger partial charge in [-0.1, -0.05) is 0 Å². The van der Waals surface area contributed by atoms with Crippen LogP contribution in [0.3, 0.4) is 0 Å². The number of rotatable bonds is 2. The molecular formula is C13H18N2O6. The average Bonchev–Trinajstić information content (AvgIpc) is 3.04. The van der Waals surface area contributed by atoms with E-state index in [9.17, 15) is 19.8 Å². The lowest BCUT2D eigenvalue weighted by molar-refractivity contribution is 0.0137. The van der Waals surface area contributed by atoms with Crippen molar-refractivity contribution in [3.8, 4) is 0 Å². The van der Waals surface area contributed by atoms with Crippen LogP contribution < -0.4 is 11.2 Å². The van der Waals surface area contributed by atoms with Crippen LogP contribution in [0.2, 0.25) is 0 Å². The molecule has 2 fully saturated rings. The molecule has 0 spiro atoms. The summed E-state index contributed by atoms with van der Waals surface area (Å²) >= 11 is 0. The molecule has 21 heavy (non-hydrogen) atoms. The number of aliphatic hydroxyl groups is 2. The van der Waals surface area contributed by atoms with Gasteiger partial charge >= 0.3 is 5.69 Å². The van der Waals surface area contributed by atoms with Gasteiger partial charge in [0.1, 0.15) is 18.3 Å². The molecule has 116 valence electrons. The minimum Gasteiger partial charge on any atom is -0.388 e. The van der Waals surface area contributed by atoms with E-state index in [0.717, 1.165) is 0 Å². The van der Waals surface area contributed by atoms with Gasteiger partial charge < -0.3 is 19.7 Å². The summed E-state index contributed by atoms with van der Waals surface area (Å²) in [7, 11) is 0. The molecule has 3 N–H and O–H groups in total. The third kappa shape index (κ3) is 2.44. The van der Waals surface area contributed by atoms with Crippen LogP contribution in [0.5, 0.6) is 0 Å². The molecule has 2 aliphatic rings. The van der Waals surface area contributed by atoms with Crippen molar-refractivity contribution in [3.63, 3.8) is 0 Å². The van der Waals surface area contributed by atoms with Crippen molar-refractivity contribution in [3.05, 3.63) is 32.6 Å². The molecule has 1 aromatic heterocycles. The van der Waals surface area contributed by atoms with E-state index in [2.05, 4.69) is 4.98 Å². The summed E-state index contributed by atoms with van der Waals surface area (Å²) < 4.78 is 12.1. The molecule has 5 atom stereocenters. The second-order valence-corrected chi connectivity index (χ2v) is 5.51. The standard InChI is InChI=1S/C13H18N2O6/c1-6-9(16)10(17)11(21-6)8-4-15(7-2-3-20-5-7)13(19)14-12(8)18/h4,6-7,9-11,16-17H,2-3,5H2,1H3,(H,14,18,19)/t6-,7?,9-,10-,11+/m1/s1. The van der Waals surface area contributed by atoms with Gasteiger partial charge in [0.15, 0.2) is 0 Å². The lowest BCUT2D eigenvalue weighted by atomic mass is 10.0. The summed E-state index contributed by atoms with van der Waals surface area (Å²) in [6, 6.07) is -0.144. The van der Waals surface area contributed by atoms with Crippen molar-refractivity contribution >= 4 is 0 Å². The second kappa shape index (κ2) is 5.38. The number of aromatic amines is 1. The Morgan fingerprint density at radius 1 is 1.33 bits per heavy atom. The predicted octanol–water partition coefficient (Wildman–Crippen LogP) is -1.32. The topological polar surface area (TPSA) is 114 Å². The highest BCUT2D eigenvalue weighted by Gasteiger charge is 2.42. The van der Waals surface area contributed by atoms with Crippen molar-refractivity contribution in [1.29, 1.82) is 0 Å². The van der Waals surface area contributed by atoms with Crippen molar-refractivity contribution in [2.24, 2.45) is 0 Å². The normalized spacial score (nSPS) is 36.2. The SMILES string of the molecule is C[C@H]1O[C@@H](c2cn(C3CCOC3)c(=O)[nH]c2=O)[C@H](O)[C@@H]1O. The van der Waals surface area contributed by atoms with Gasteiger partial charge in [0.25, 0.3) is 5.56 Å². The molecule has 8 nitrogen and oxygen atoms in total. The van der Waals surface area contributed by atoms with Crippen LogP contribution >= 0.6 is 0 Å². The van der Waals surface area contributed by atoms with Crippen molar-refractivity contribution in [2.75, 3.05) is 13.2 Å². The van der Waals surface area contributed by atoms with E-state index in [0.29, 0.717) is 19.6 Å². The van der Waals surface area contributed by atoms with Crippen molar-refractivity contribution < 1.29 is 19.7 Å². The van der Waals surface area contributed by atoms with Crippen molar-refractivity contribution in [2.45, 2.75) is 43.8 Å². The first-order valence-electron chi connectivity index (χ1n) is 6.93. The van der Waals surface area contributed by atoms with Gasteiger partial charge in [0, 0.05) is 12.8 Å². The second-order valence-electron chi connectivity index (χ2n) is 5.51. The number of aliphatic hydroxyl groups excluding tert-OH is 2. The van der Waals surface area contributed by atoms with Gasteiger partial charge in [-0.15, -0.1) is 0 Å². The Kier molecular flexibility index (Phi) is 3.70. The maximum Gasteiger partial charge on any atom is 0.328 e. The van der Waals surface area contributed by atoms with Gasteiger partial charge in [0.2, 0.25) is 0 Å². The largest absolute Gasteiger partial charge is 0.388 e. The Morgan fingerprint density at radius 2 is 2.10 bits per heavy atom. The quantitative estimate of drug-likeness (QED) is 0.624. The van der Waals surface area contributed by atoms with Gasteiger partial charge in [-0.25, -0.2) is 4.79 Å². The summed E-state index contributed by atoms with van der Waals surface area (Å²) in [5.74, 6) is 0. The molecule has 1 aromatic rings. The molecule has 0 aliphatic carbocycles. The molecule has 0 aromatic carbocycles. The Balaban J connectivity index is 2.01. The Bertz CT molecular complexity index is 632. The van der Waals surface area contributed by atoms with Crippen LogP contribution in [0.4, 0.5) is 0 Å². The van der Waals surface area contributed by atoms with E-state index >= 15 is 0 Å². The zero-order chi connectivity index (χ0) is 15.1. The van der Waals surface area contributed by atoms with E-state index < -0.39 is 35.7 Å². The monoisotopic (exact) mass is 298 g/mol. The first-order valence-corrected chi connectivity index (χ1v) is 6.93. The summed E-state index contributed by atoms with van der Waals surface area (Å²) in [6.45, 7) is 2.57. The summed E-state index contributed by atoms with van der Waals surface area (Å²) in [5, 5.41) is 19.7. The number of nitrogens with zero attached hydrogens (tertiary/aromatic N) is 1. The highest BCUT2D eigenvalue weighted by Crippen LogP contribution is 2.31. The van der Waals surface area contributed by atoms with Crippen LogP contribution in [0.15, 0.2) is 15.8 Å². The third-order valence-electron chi connectivity index (χ3n) is 4.10. The molecule has 0 radical (unpaired) electrons. The number of nitrogens with one attached hydrogen (secondary N) is 1. The van der Waals surface area contributed by atoms with Gasteiger partial charge in [-0.2, -0.15) is 0 Å². The van der Waals surface area contributed by atoms with E-state index in [1.165, 1.54) is 10.8 Å². The maximum absolute atomic E-state index is 12.0. The van der Waals surface area contributed by atoms with Crippen LogP contribution in [-0.4, -0.2) is 51.3 Å². The Hall–Kier alpha value is -1.48. The number of H-pyrrole nitrogens is 1. The fourth-order valence-corrected chi connectivity index (χ4v) is 2.82. The van der Waals surface area contributed by atoms with E-state index in [1.807, 2.05) is 0 Å². The lowest BCUT2D eigenvalue weighted by Crippen LogP contribution is -2.37. The molecule has 1 unspecified atom stereocenters. The zero-order valence-corrected chi connectivity index (χ0v) is 11.6. The molecular weight excluding hydrogens is 280 g/mol. The molecule has 2 aliphatic heterocycles. The predicted molar refractivity (Wildman–Crippen MR) is 71.1 cm³/mol. The lowest BCUT2D eigenvalue weighted by Gasteiger charge is -2.17. The van der Waals surface area contributed by atoms with Gasteiger partial charge in [0.05, 0.1) is 24.3 Å². The number of aromatic nitrogens is 2. The summed E-state index contributed by atoms with van der Waals surface area (Å²) in [4.78, 5) is 26.1.